The second-order valence-electron chi connectivity index (χ2n) is 3.19. The van der Waals surface area contributed by atoms with E-state index in [9.17, 15) is 14.9 Å². The number of ether oxygens (including phenoxy) is 1. The number of hydrogen-bond donors (Lipinski definition) is 0. The van der Waals surface area contributed by atoms with Crippen molar-refractivity contribution in [1.29, 1.82) is 0 Å². The molecule has 0 unspecified atom stereocenters. The molecule has 1 aromatic heterocycles. The second-order valence-corrected chi connectivity index (χ2v) is 3.62. The van der Waals surface area contributed by atoms with Gasteiger partial charge in [0.25, 0.3) is 0 Å². The van der Waals surface area contributed by atoms with Gasteiger partial charge in [0.05, 0.1) is 17.1 Å². The van der Waals surface area contributed by atoms with E-state index in [1.54, 1.807) is 0 Å². The molecule has 0 bridgehead atoms. The Balaban J connectivity index is 3.04. The van der Waals surface area contributed by atoms with Crippen LogP contribution < -0.4 is 4.90 Å². The third-order valence-electron chi connectivity index (χ3n) is 1.97. The van der Waals surface area contributed by atoms with Gasteiger partial charge in [0, 0.05) is 19.3 Å². The molecule has 0 aliphatic rings. The van der Waals surface area contributed by atoms with Crippen LogP contribution >= 0.6 is 11.6 Å². The molecule has 0 N–H and O–H groups in total. The van der Waals surface area contributed by atoms with Crippen molar-refractivity contribution in [3.63, 3.8) is 0 Å². The van der Waals surface area contributed by atoms with Gasteiger partial charge in [-0.2, -0.15) is 0 Å². The maximum atomic E-state index is 11.1. The van der Waals surface area contributed by atoms with Gasteiger partial charge in [0.2, 0.25) is 5.82 Å². The highest BCUT2D eigenvalue weighted by Gasteiger charge is 2.21. The molecule has 1 aromatic rings. The van der Waals surface area contributed by atoms with Crippen LogP contribution in [0.25, 0.3) is 0 Å². The van der Waals surface area contributed by atoms with Crippen molar-refractivity contribution in [2.45, 2.75) is 0 Å². The van der Waals surface area contributed by atoms with E-state index in [0.717, 1.165) is 0 Å². The lowest BCUT2D eigenvalue weighted by Gasteiger charge is -2.16. The summed E-state index contributed by atoms with van der Waals surface area (Å²) in [5.41, 5.74) is -0.260. The lowest BCUT2D eigenvalue weighted by molar-refractivity contribution is -0.384. The van der Waals surface area contributed by atoms with Gasteiger partial charge in [-0.05, 0) is 0 Å². The Bertz CT molecular complexity index is 452. The number of carbonyl (C=O) groups is 1. The van der Waals surface area contributed by atoms with E-state index in [2.05, 4.69) is 9.72 Å². The van der Waals surface area contributed by atoms with E-state index in [0.29, 0.717) is 0 Å². The average Bonchev–Trinajstić information content (AvgIpc) is 2.28. The Morgan fingerprint density at radius 3 is 2.88 bits per heavy atom. The SMILES string of the molecule is COC(=O)CN(C)c1ncc(Cl)cc1[N+](=O)[O-]. The van der Waals surface area contributed by atoms with Crippen molar-refractivity contribution in [2.24, 2.45) is 0 Å². The average molecular weight is 260 g/mol. The molecule has 8 heteroatoms. The molecule has 0 saturated heterocycles. The molecule has 0 spiro atoms. The number of esters is 1. The minimum atomic E-state index is -0.609. The molecule has 0 aliphatic heterocycles. The van der Waals surface area contributed by atoms with E-state index in [1.165, 1.54) is 31.3 Å². The predicted octanol–water partition coefficient (Wildman–Crippen LogP) is 1.25. The number of methoxy groups -OCH3 is 1. The summed E-state index contributed by atoms with van der Waals surface area (Å²) in [6.45, 7) is -0.133. The number of aromatic nitrogens is 1. The Kier molecular flexibility index (Phi) is 4.22. The van der Waals surface area contributed by atoms with Gasteiger partial charge in [0.15, 0.2) is 0 Å². The largest absolute Gasteiger partial charge is 0.468 e. The van der Waals surface area contributed by atoms with Gasteiger partial charge in [-0.15, -0.1) is 0 Å². The lowest BCUT2D eigenvalue weighted by Crippen LogP contribution is -2.27. The van der Waals surface area contributed by atoms with Crippen LogP contribution in [0.5, 0.6) is 0 Å². The zero-order chi connectivity index (χ0) is 13.0. The van der Waals surface area contributed by atoms with Gasteiger partial charge in [-0.3, -0.25) is 14.9 Å². The number of hydrogen-bond acceptors (Lipinski definition) is 6. The summed E-state index contributed by atoms with van der Waals surface area (Å²) in [5, 5.41) is 11.0. The molecule has 0 atom stereocenters. The molecule has 0 aliphatic carbocycles. The van der Waals surface area contributed by atoms with Crippen LogP contribution in [0.15, 0.2) is 12.3 Å². The van der Waals surface area contributed by atoms with Crippen molar-refractivity contribution in [3.05, 3.63) is 27.4 Å². The predicted molar refractivity (Wildman–Crippen MR) is 61.2 cm³/mol. The Morgan fingerprint density at radius 2 is 2.35 bits per heavy atom. The van der Waals surface area contributed by atoms with E-state index in [4.69, 9.17) is 11.6 Å². The van der Waals surface area contributed by atoms with E-state index in [-0.39, 0.29) is 23.1 Å². The zero-order valence-corrected chi connectivity index (χ0v) is 9.97. The number of carbonyl (C=O) groups excluding carboxylic acids is 1. The summed E-state index contributed by atoms with van der Waals surface area (Å²) in [5.74, 6) is -0.455. The second kappa shape index (κ2) is 5.44. The van der Waals surface area contributed by atoms with Gasteiger partial charge in [-0.1, -0.05) is 11.6 Å². The fourth-order valence-corrected chi connectivity index (χ4v) is 1.34. The Morgan fingerprint density at radius 1 is 1.71 bits per heavy atom. The molecule has 92 valence electrons. The molecule has 1 rings (SSSR count). The van der Waals surface area contributed by atoms with Crippen LogP contribution in [0, 0.1) is 10.1 Å². The quantitative estimate of drug-likeness (QED) is 0.460. The maximum Gasteiger partial charge on any atom is 0.325 e. The third kappa shape index (κ3) is 3.28. The van der Waals surface area contributed by atoms with Crippen LogP contribution in [0.2, 0.25) is 5.02 Å². The molecular formula is C9H10ClN3O4. The fraction of sp³-hybridized carbons (Fsp3) is 0.333. The van der Waals surface area contributed by atoms with Crippen molar-refractivity contribution in [1.82, 2.24) is 4.98 Å². The number of nitro groups is 1. The zero-order valence-electron chi connectivity index (χ0n) is 9.21. The molecule has 0 aromatic carbocycles. The first kappa shape index (κ1) is 13.2. The summed E-state index contributed by atoms with van der Waals surface area (Å²) in [4.78, 5) is 26.4. The van der Waals surface area contributed by atoms with Crippen molar-refractivity contribution < 1.29 is 14.5 Å². The molecule has 17 heavy (non-hydrogen) atoms. The van der Waals surface area contributed by atoms with E-state index in [1.807, 2.05) is 0 Å². The van der Waals surface area contributed by atoms with Gasteiger partial charge in [-0.25, -0.2) is 4.98 Å². The maximum absolute atomic E-state index is 11.1. The molecular weight excluding hydrogens is 250 g/mol. The number of pyridine rings is 1. The van der Waals surface area contributed by atoms with Crippen molar-refractivity contribution in [2.75, 3.05) is 25.6 Å². The summed E-state index contributed by atoms with van der Waals surface area (Å²) in [6, 6.07) is 1.18. The lowest BCUT2D eigenvalue weighted by atomic mass is 10.3. The highest BCUT2D eigenvalue weighted by molar-refractivity contribution is 6.30. The van der Waals surface area contributed by atoms with Crippen LogP contribution in [-0.4, -0.2) is 36.6 Å². The van der Waals surface area contributed by atoms with E-state index >= 15 is 0 Å². The molecule has 1 heterocycles. The van der Waals surface area contributed by atoms with Crippen LogP contribution in [0.4, 0.5) is 11.5 Å². The van der Waals surface area contributed by atoms with Crippen molar-refractivity contribution in [3.8, 4) is 0 Å². The third-order valence-corrected chi connectivity index (χ3v) is 2.17. The summed E-state index contributed by atoms with van der Waals surface area (Å²) in [6.07, 6.45) is 1.28. The first-order valence-electron chi connectivity index (χ1n) is 4.53. The van der Waals surface area contributed by atoms with Crippen LogP contribution in [-0.2, 0) is 9.53 Å². The Hall–Kier alpha value is -1.89. The number of nitrogens with zero attached hydrogens (tertiary/aromatic N) is 3. The van der Waals surface area contributed by atoms with Gasteiger partial charge >= 0.3 is 11.7 Å². The highest BCUT2D eigenvalue weighted by Crippen LogP contribution is 2.27. The molecule has 0 saturated carbocycles. The summed E-state index contributed by atoms with van der Waals surface area (Å²) >= 11 is 5.62. The number of anilines is 1. The summed E-state index contributed by atoms with van der Waals surface area (Å²) in [7, 11) is 2.74. The topological polar surface area (TPSA) is 85.6 Å². The molecule has 0 radical (unpaired) electrons. The van der Waals surface area contributed by atoms with Crippen LogP contribution in [0.1, 0.15) is 0 Å². The monoisotopic (exact) mass is 259 g/mol. The molecule has 0 fully saturated rings. The minimum absolute atomic E-state index is 0.0600. The number of rotatable bonds is 4. The van der Waals surface area contributed by atoms with Gasteiger partial charge < -0.3 is 9.64 Å². The smallest absolute Gasteiger partial charge is 0.325 e. The molecule has 7 nitrogen and oxygen atoms in total. The number of halogens is 1. The fourth-order valence-electron chi connectivity index (χ4n) is 1.18. The Labute approximate surface area is 102 Å². The minimum Gasteiger partial charge on any atom is -0.468 e. The molecule has 0 amide bonds. The first-order valence-corrected chi connectivity index (χ1v) is 4.91. The van der Waals surface area contributed by atoms with Crippen molar-refractivity contribution >= 4 is 29.1 Å². The standard InChI is InChI=1S/C9H10ClN3O4/c1-12(5-8(14)17-2)9-7(13(15)16)3-6(10)4-11-9/h3-4H,5H2,1-2H3. The normalized spacial score (nSPS) is 9.82. The van der Waals surface area contributed by atoms with Crippen LogP contribution in [0.3, 0.4) is 0 Å². The van der Waals surface area contributed by atoms with E-state index < -0.39 is 10.9 Å². The number of likely N-dealkylation sites (N-methyl/N-ethyl adjacent to an activating group) is 1. The highest BCUT2D eigenvalue weighted by atomic mass is 35.5. The van der Waals surface area contributed by atoms with Gasteiger partial charge in [0.1, 0.15) is 6.54 Å². The first-order chi connectivity index (χ1) is 7.95. The summed E-state index contributed by atoms with van der Waals surface area (Å²) < 4.78 is 4.46.